The van der Waals surface area contributed by atoms with E-state index < -0.39 is 34.8 Å². The molecule has 2 aromatic carbocycles. The highest BCUT2D eigenvalue weighted by Crippen LogP contribution is 2.26. The van der Waals surface area contributed by atoms with Crippen LogP contribution in [0.25, 0.3) is 0 Å². The van der Waals surface area contributed by atoms with Crippen LogP contribution in [0.2, 0.25) is 0 Å². The minimum atomic E-state index is -1.02. The molecule has 2 rings (SSSR count). The zero-order chi connectivity index (χ0) is 17.0. The molecule has 120 valence electrons. The van der Waals surface area contributed by atoms with Gasteiger partial charge in [-0.25, -0.2) is 8.78 Å². The van der Waals surface area contributed by atoms with Gasteiger partial charge in [0.25, 0.3) is 5.91 Å². The van der Waals surface area contributed by atoms with Crippen LogP contribution in [0.4, 0.5) is 14.5 Å². The Bertz CT molecular complexity index is 762. The van der Waals surface area contributed by atoms with Crippen LogP contribution in [-0.4, -0.2) is 24.1 Å². The molecule has 0 aliphatic rings. The molecule has 0 fully saturated rings. The lowest BCUT2D eigenvalue weighted by molar-refractivity contribution is -0.136. The molecule has 0 saturated carbocycles. The van der Waals surface area contributed by atoms with Gasteiger partial charge in [0.1, 0.15) is 11.4 Å². The standard InChI is InChI=1S/C16H13F2NO4/c1-23-15-12(18)6-5-11(17)14(15)16(22)19-10-4-2-3-9(7-10)8-13(20)21/h2-7H,8H2,1H3,(H,19,22)(H,20,21). The van der Waals surface area contributed by atoms with Gasteiger partial charge in [-0.1, -0.05) is 12.1 Å². The smallest absolute Gasteiger partial charge is 0.307 e. The monoisotopic (exact) mass is 321 g/mol. The van der Waals surface area contributed by atoms with Crippen molar-refractivity contribution in [3.05, 3.63) is 59.2 Å². The van der Waals surface area contributed by atoms with Crippen LogP contribution in [0.3, 0.4) is 0 Å². The summed E-state index contributed by atoms with van der Waals surface area (Å²) >= 11 is 0. The molecule has 0 radical (unpaired) electrons. The SMILES string of the molecule is COc1c(F)ccc(F)c1C(=O)Nc1cccc(CC(=O)O)c1. The van der Waals surface area contributed by atoms with Crippen molar-refractivity contribution in [3.8, 4) is 5.75 Å². The van der Waals surface area contributed by atoms with Crippen LogP contribution in [0.15, 0.2) is 36.4 Å². The topological polar surface area (TPSA) is 75.6 Å². The number of nitrogens with one attached hydrogen (secondary N) is 1. The molecule has 0 atom stereocenters. The van der Waals surface area contributed by atoms with Crippen molar-refractivity contribution in [3.63, 3.8) is 0 Å². The zero-order valence-electron chi connectivity index (χ0n) is 12.1. The number of anilines is 1. The zero-order valence-corrected chi connectivity index (χ0v) is 12.1. The molecule has 7 heteroatoms. The Labute approximate surface area is 130 Å². The minimum Gasteiger partial charge on any atom is -0.493 e. The first kappa shape index (κ1) is 16.4. The van der Waals surface area contributed by atoms with E-state index in [1.807, 2.05) is 0 Å². The number of methoxy groups -OCH3 is 1. The molecule has 0 bridgehead atoms. The molecule has 0 saturated heterocycles. The lowest BCUT2D eigenvalue weighted by Crippen LogP contribution is -2.16. The van der Waals surface area contributed by atoms with Gasteiger partial charge >= 0.3 is 5.97 Å². The Morgan fingerprint density at radius 3 is 2.52 bits per heavy atom. The third kappa shape index (κ3) is 3.82. The first-order valence-electron chi connectivity index (χ1n) is 6.56. The fraction of sp³-hybridized carbons (Fsp3) is 0.125. The number of amides is 1. The van der Waals surface area contributed by atoms with E-state index in [0.717, 1.165) is 19.2 Å². The molecule has 0 aliphatic heterocycles. The van der Waals surface area contributed by atoms with E-state index in [0.29, 0.717) is 5.56 Å². The Balaban J connectivity index is 2.30. The molecular weight excluding hydrogens is 308 g/mol. The highest BCUT2D eigenvalue weighted by Gasteiger charge is 2.21. The molecule has 0 heterocycles. The van der Waals surface area contributed by atoms with Crippen molar-refractivity contribution in [2.45, 2.75) is 6.42 Å². The summed E-state index contributed by atoms with van der Waals surface area (Å²) < 4.78 is 32.2. The van der Waals surface area contributed by atoms with Gasteiger partial charge < -0.3 is 15.2 Å². The molecule has 0 unspecified atom stereocenters. The molecule has 23 heavy (non-hydrogen) atoms. The quantitative estimate of drug-likeness (QED) is 0.888. The number of aliphatic carboxylic acids is 1. The maximum atomic E-state index is 13.8. The van der Waals surface area contributed by atoms with Crippen molar-refractivity contribution >= 4 is 17.6 Å². The average molecular weight is 321 g/mol. The normalized spacial score (nSPS) is 10.2. The summed E-state index contributed by atoms with van der Waals surface area (Å²) in [5, 5.41) is 11.2. The van der Waals surface area contributed by atoms with Crippen molar-refractivity contribution in [2.75, 3.05) is 12.4 Å². The van der Waals surface area contributed by atoms with E-state index in [-0.39, 0.29) is 12.1 Å². The van der Waals surface area contributed by atoms with E-state index in [1.54, 1.807) is 12.1 Å². The number of carboxylic acids is 1. The van der Waals surface area contributed by atoms with Crippen LogP contribution in [0.1, 0.15) is 15.9 Å². The van der Waals surface area contributed by atoms with E-state index >= 15 is 0 Å². The van der Waals surface area contributed by atoms with E-state index in [9.17, 15) is 18.4 Å². The highest BCUT2D eigenvalue weighted by molar-refractivity contribution is 6.06. The number of hydrogen-bond acceptors (Lipinski definition) is 3. The predicted octanol–water partition coefficient (Wildman–Crippen LogP) is 2.85. The summed E-state index contributed by atoms with van der Waals surface area (Å²) in [4.78, 5) is 22.9. The fourth-order valence-corrected chi connectivity index (χ4v) is 2.07. The van der Waals surface area contributed by atoms with Crippen molar-refractivity contribution in [1.29, 1.82) is 0 Å². The van der Waals surface area contributed by atoms with Gasteiger partial charge in [-0.15, -0.1) is 0 Å². The molecule has 0 aromatic heterocycles. The van der Waals surface area contributed by atoms with E-state index in [4.69, 9.17) is 9.84 Å². The number of halogens is 2. The number of carboxylic acid groups (broad SMARTS) is 1. The van der Waals surface area contributed by atoms with E-state index in [2.05, 4.69) is 5.32 Å². The lowest BCUT2D eigenvalue weighted by atomic mass is 10.1. The van der Waals surface area contributed by atoms with Crippen LogP contribution >= 0.6 is 0 Å². The number of hydrogen-bond donors (Lipinski definition) is 2. The maximum Gasteiger partial charge on any atom is 0.307 e. The van der Waals surface area contributed by atoms with Gasteiger partial charge in [0.2, 0.25) is 0 Å². The van der Waals surface area contributed by atoms with Crippen molar-refractivity contribution in [2.24, 2.45) is 0 Å². The van der Waals surface area contributed by atoms with Gasteiger partial charge in [0.05, 0.1) is 13.5 Å². The van der Waals surface area contributed by atoms with Crippen LogP contribution in [0.5, 0.6) is 5.75 Å². The third-order valence-electron chi connectivity index (χ3n) is 3.03. The lowest BCUT2D eigenvalue weighted by Gasteiger charge is -2.11. The number of benzene rings is 2. The van der Waals surface area contributed by atoms with Crippen molar-refractivity contribution < 1.29 is 28.2 Å². The average Bonchev–Trinajstić information content (AvgIpc) is 2.48. The Morgan fingerprint density at radius 2 is 1.87 bits per heavy atom. The molecule has 1 amide bonds. The Hall–Kier alpha value is -2.96. The molecule has 5 nitrogen and oxygen atoms in total. The molecular formula is C16H13F2NO4. The summed E-state index contributed by atoms with van der Waals surface area (Å²) in [6, 6.07) is 7.76. The second kappa shape index (κ2) is 6.87. The van der Waals surface area contributed by atoms with Crippen molar-refractivity contribution in [1.82, 2.24) is 0 Å². The highest BCUT2D eigenvalue weighted by atomic mass is 19.1. The van der Waals surface area contributed by atoms with Gasteiger partial charge in [0, 0.05) is 5.69 Å². The molecule has 0 aliphatic carbocycles. The van der Waals surface area contributed by atoms with Gasteiger partial charge in [-0.05, 0) is 29.8 Å². The summed E-state index contributed by atoms with van der Waals surface area (Å²) in [7, 11) is 1.13. The molecule has 2 aromatic rings. The number of rotatable bonds is 5. The summed E-state index contributed by atoms with van der Waals surface area (Å²) in [6.45, 7) is 0. The Kier molecular flexibility index (Phi) is 4.90. The minimum absolute atomic E-state index is 0.221. The molecule has 2 N–H and O–H groups in total. The van der Waals surface area contributed by atoms with Crippen LogP contribution in [-0.2, 0) is 11.2 Å². The van der Waals surface area contributed by atoms with Gasteiger partial charge in [0.15, 0.2) is 11.6 Å². The summed E-state index contributed by atoms with van der Waals surface area (Å²) in [5.41, 5.74) is 0.164. The predicted molar refractivity (Wildman–Crippen MR) is 78.6 cm³/mol. The van der Waals surface area contributed by atoms with Crippen LogP contribution < -0.4 is 10.1 Å². The first-order valence-corrected chi connectivity index (χ1v) is 6.56. The summed E-state index contributed by atoms with van der Waals surface area (Å²) in [6.07, 6.45) is -0.221. The van der Waals surface area contributed by atoms with Crippen LogP contribution in [0, 0.1) is 11.6 Å². The maximum absolute atomic E-state index is 13.8. The second-order valence-electron chi connectivity index (χ2n) is 4.66. The second-order valence-corrected chi connectivity index (χ2v) is 4.66. The van der Waals surface area contributed by atoms with Gasteiger partial charge in [-0.3, -0.25) is 9.59 Å². The third-order valence-corrected chi connectivity index (χ3v) is 3.03. The largest absolute Gasteiger partial charge is 0.493 e. The van der Waals surface area contributed by atoms with E-state index in [1.165, 1.54) is 12.1 Å². The Morgan fingerprint density at radius 1 is 1.17 bits per heavy atom. The number of carbonyl (C=O) groups excluding carboxylic acids is 1. The first-order chi connectivity index (χ1) is 10.9. The van der Waals surface area contributed by atoms with Gasteiger partial charge in [-0.2, -0.15) is 0 Å². The summed E-state index contributed by atoms with van der Waals surface area (Å²) in [5.74, 6) is -4.21. The number of carbonyl (C=O) groups is 2. The number of ether oxygens (including phenoxy) is 1. The molecule has 0 spiro atoms. The fourth-order valence-electron chi connectivity index (χ4n) is 2.07.